The largest absolute Gasteiger partial charge is 0.493 e. The third-order valence-electron chi connectivity index (χ3n) is 2.17. The minimum atomic E-state index is 0.678. The van der Waals surface area contributed by atoms with Crippen molar-refractivity contribution in [1.29, 1.82) is 0 Å². The van der Waals surface area contributed by atoms with Crippen molar-refractivity contribution in [2.75, 3.05) is 26.9 Å². The standard InChI is InChI=1S/C12H20N2O2/c1-3-13-9-11-10-14-6-5-12(11)16-8-4-7-15-2/h5-6,10,13H,3-4,7-9H2,1-2H3. The highest BCUT2D eigenvalue weighted by molar-refractivity contribution is 5.29. The number of hydrogen-bond acceptors (Lipinski definition) is 4. The van der Waals surface area contributed by atoms with Gasteiger partial charge in [-0.25, -0.2) is 0 Å². The smallest absolute Gasteiger partial charge is 0.126 e. The number of nitrogens with zero attached hydrogens (tertiary/aromatic N) is 1. The van der Waals surface area contributed by atoms with Crippen LogP contribution >= 0.6 is 0 Å². The molecule has 0 fully saturated rings. The maximum Gasteiger partial charge on any atom is 0.126 e. The van der Waals surface area contributed by atoms with E-state index < -0.39 is 0 Å². The van der Waals surface area contributed by atoms with Crippen LogP contribution in [0.25, 0.3) is 0 Å². The van der Waals surface area contributed by atoms with Gasteiger partial charge >= 0.3 is 0 Å². The Kier molecular flexibility index (Phi) is 6.53. The fourth-order valence-electron chi connectivity index (χ4n) is 1.33. The number of aromatic nitrogens is 1. The molecule has 4 nitrogen and oxygen atoms in total. The second-order valence-corrected chi connectivity index (χ2v) is 3.46. The molecule has 16 heavy (non-hydrogen) atoms. The zero-order valence-electron chi connectivity index (χ0n) is 10.0. The molecule has 0 atom stereocenters. The van der Waals surface area contributed by atoms with Crippen LogP contribution in [0.2, 0.25) is 0 Å². The molecule has 0 amide bonds. The predicted octanol–water partition coefficient (Wildman–Crippen LogP) is 1.61. The third kappa shape index (κ3) is 4.59. The maximum atomic E-state index is 5.68. The lowest BCUT2D eigenvalue weighted by molar-refractivity contribution is 0.171. The lowest BCUT2D eigenvalue weighted by atomic mass is 10.2. The molecule has 90 valence electrons. The molecule has 1 aromatic heterocycles. The number of pyridine rings is 1. The van der Waals surface area contributed by atoms with E-state index in [-0.39, 0.29) is 0 Å². The Morgan fingerprint density at radius 1 is 1.38 bits per heavy atom. The fourth-order valence-corrected chi connectivity index (χ4v) is 1.33. The summed E-state index contributed by atoms with van der Waals surface area (Å²) in [6.07, 6.45) is 4.49. The van der Waals surface area contributed by atoms with Crippen LogP contribution in [0.15, 0.2) is 18.5 Å². The Balaban J connectivity index is 2.43. The molecular formula is C12H20N2O2. The molecule has 1 heterocycles. The normalized spacial score (nSPS) is 10.4. The van der Waals surface area contributed by atoms with Gasteiger partial charge in [-0.3, -0.25) is 4.98 Å². The van der Waals surface area contributed by atoms with E-state index in [2.05, 4.69) is 17.2 Å². The molecule has 1 N–H and O–H groups in total. The van der Waals surface area contributed by atoms with Gasteiger partial charge in [0.05, 0.1) is 6.61 Å². The number of methoxy groups -OCH3 is 1. The first kappa shape index (κ1) is 12.9. The van der Waals surface area contributed by atoms with E-state index in [0.717, 1.165) is 37.4 Å². The number of ether oxygens (including phenoxy) is 2. The zero-order chi connectivity index (χ0) is 11.6. The van der Waals surface area contributed by atoms with Crippen molar-refractivity contribution >= 4 is 0 Å². The predicted molar refractivity (Wildman–Crippen MR) is 63.6 cm³/mol. The first-order chi connectivity index (χ1) is 7.88. The van der Waals surface area contributed by atoms with Crippen LogP contribution in [-0.4, -0.2) is 31.9 Å². The van der Waals surface area contributed by atoms with Crippen molar-refractivity contribution in [3.05, 3.63) is 24.0 Å². The average Bonchev–Trinajstić information content (AvgIpc) is 2.33. The minimum absolute atomic E-state index is 0.678. The molecule has 0 aromatic carbocycles. The van der Waals surface area contributed by atoms with Gasteiger partial charge in [-0.15, -0.1) is 0 Å². The van der Waals surface area contributed by atoms with Gasteiger partial charge < -0.3 is 14.8 Å². The Hall–Kier alpha value is -1.13. The van der Waals surface area contributed by atoms with Gasteiger partial charge in [0, 0.05) is 44.6 Å². The molecule has 0 spiro atoms. The SMILES string of the molecule is CCNCc1cnccc1OCCCOC. The van der Waals surface area contributed by atoms with Crippen molar-refractivity contribution < 1.29 is 9.47 Å². The summed E-state index contributed by atoms with van der Waals surface area (Å²) in [4.78, 5) is 4.10. The summed E-state index contributed by atoms with van der Waals surface area (Å²) in [5.74, 6) is 0.909. The molecule has 0 radical (unpaired) electrons. The van der Waals surface area contributed by atoms with E-state index in [1.54, 1.807) is 13.3 Å². The van der Waals surface area contributed by atoms with Crippen LogP contribution in [0.3, 0.4) is 0 Å². The highest BCUT2D eigenvalue weighted by atomic mass is 16.5. The lowest BCUT2D eigenvalue weighted by Gasteiger charge is -2.10. The minimum Gasteiger partial charge on any atom is -0.493 e. The van der Waals surface area contributed by atoms with Crippen LogP contribution in [0.1, 0.15) is 18.9 Å². The second kappa shape index (κ2) is 8.07. The molecular weight excluding hydrogens is 204 g/mol. The van der Waals surface area contributed by atoms with Gasteiger partial charge in [-0.2, -0.15) is 0 Å². The first-order valence-electron chi connectivity index (χ1n) is 5.63. The molecule has 4 heteroatoms. The molecule has 0 bridgehead atoms. The summed E-state index contributed by atoms with van der Waals surface area (Å²) in [6, 6.07) is 1.90. The molecule has 0 saturated carbocycles. The molecule has 1 rings (SSSR count). The van der Waals surface area contributed by atoms with Crippen LogP contribution < -0.4 is 10.1 Å². The van der Waals surface area contributed by atoms with Crippen molar-refractivity contribution in [2.45, 2.75) is 19.9 Å². The summed E-state index contributed by atoms with van der Waals surface area (Å²) in [5, 5.41) is 3.26. The Morgan fingerprint density at radius 2 is 2.25 bits per heavy atom. The molecule has 0 aliphatic carbocycles. The zero-order valence-corrected chi connectivity index (χ0v) is 10.0. The van der Waals surface area contributed by atoms with Gasteiger partial charge in [0.1, 0.15) is 5.75 Å². The number of hydrogen-bond donors (Lipinski definition) is 1. The number of rotatable bonds is 8. The summed E-state index contributed by atoms with van der Waals surface area (Å²) in [6.45, 7) is 5.22. The molecule has 0 saturated heterocycles. The van der Waals surface area contributed by atoms with E-state index in [4.69, 9.17) is 9.47 Å². The van der Waals surface area contributed by atoms with Crippen LogP contribution in [0.4, 0.5) is 0 Å². The van der Waals surface area contributed by atoms with E-state index in [0.29, 0.717) is 6.61 Å². The van der Waals surface area contributed by atoms with Crippen molar-refractivity contribution in [1.82, 2.24) is 10.3 Å². The van der Waals surface area contributed by atoms with Gasteiger partial charge in [-0.1, -0.05) is 6.92 Å². The first-order valence-corrected chi connectivity index (χ1v) is 5.63. The van der Waals surface area contributed by atoms with Gasteiger partial charge in [0.2, 0.25) is 0 Å². The van der Waals surface area contributed by atoms with Crippen LogP contribution in [0, 0.1) is 0 Å². The van der Waals surface area contributed by atoms with Gasteiger partial charge in [0.15, 0.2) is 0 Å². The third-order valence-corrected chi connectivity index (χ3v) is 2.17. The number of nitrogens with one attached hydrogen (secondary N) is 1. The average molecular weight is 224 g/mol. The van der Waals surface area contributed by atoms with Crippen LogP contribution in [0.5, 0.6) is 5.75 Å². The quantitative estimate of drug-likeness (QED) is 0.681. The Labute approximate surface area is 97.0 Å². The molecule has 0 aliphatic heterocycles. The van der Waals surface area contributed by atoms with E-state index in [9.17, 15) is 0 Å². The van der Waals surface area contributed by atoms with Crippen molar-refractivity contribution in [2.24, 2.45) is 0 Å². The monoisotopic (exact) mass is 224 g/mol. The Bertz CT molecular complexity index is 292. The topological polar surface area (TPSA) is 43.4 Å². The summed E-state index contributed by atoms with van der Waals surface area (Å²) in [5.41, 5.74) is 1.10. The highest BCUT2D eigenvalue weighted by Gasteiger charge is 2.02. The summed E-state index contributed by atoms with van der Waals surface area (Å²) < 4.78 is 10.6. The fraction of sp³-hybridized carbons (Fsp3) is 0.583. The Morgan fingerprint density at radius 3 is 3.00 bits per heavy atom. The lowest BCUT2D eigenvalue weighted by Crippen LogP contribution is -2.13. The van der Waals surface area contributed by atoms with Crippen molar-refractivity contribution in [3.8, 4) is 5.75 Å². The van der Waals surface area contributed by atoms with Gasteiger partial charge in [0.25, 0.3) is 0 Å². The van der Waals surface area contributed by atoms with Crippen molar-refractivity contribution in [3.63, 3.8) is 0 Å². The molecule has 0 aliphatic rings. The maximum absolute atomic E-state index is 5.68. The van der Waals surface area contributed by atoms with Crippen LogP contribution in [-0.2, 0) is 11.3 Å². The molecule has 0 unspecified atom stereocenters. The van der Waals surface area contributed by atoms with E-state index in [1.165, 1.54) is 0 Å². The van der Waals surface area contributed by atoms with E-state index >= 15 is 0 Å². The van der Waals surface area contributed by atoms with Gasteiger partial charge in [-0.05, 0) is 12.6 Å². The second-order valence-electron chi connectivity index (χ2n) is 3.46. The van der Waals surface area contributed by atoms with E-state index in [1.807, 2.05) is 12.3 Å². The highest BCUT2D eigenvalue weighted by Crippen LogP contribution is 2.16. The summed E-state index contributed by atoms with van der Waals surface area (Å²) in [7, 11) is 1.70. The summed E-state index contributed by atoms with van der Waals surface area (Å²) >= 11 is 0. The molecule has 1 aromatic rings.